The number of aromatic nitrogens is 3. The summed E-state index contributed by atoms with van der Waals surface area (Å²) >= 11 is 0. The van der Waals surface area contributed by atoms with Crippen LogP contribution in [0.3, 0.4) is 0 Å². The Labute approximate surface area is 255 Å². The molecule has 3 aromatic carbocycles. The number of carbonyl (C=O) groups excluding carboxylic acids is 2. The Kier molecular flexibility index (Phi) is 9.74. The Morgan fingerprint density at radius 2 is 1.20 bits per heavy atom. The fourth-order valence-electron chi connectivity index (χ4n) is 4.35. The number of amides is 4. The highest BCUT2D eigenvalue weighted by molar-refractivity contribution is 5.90. The van der Waals surface area contributed by atoms with Crippen molar-refractivity contribution < 1.29 is 18.4 Å². The Balaban J connectivity index is 1.34. The number of hydrogen-bond acceptors (Lipinski definition) is 7. The van der Waals surface area contributed by atoms with Crippen molar-refractivity contribution >= 4 is 46.2 Å². The molecule has 2 aromatic heterocycles. The first kappa shape index (κ1) is 30.4. The number of fused-ring (bicyclic) bond motifs is 1. The summed E-state index contributed by atoms with van der Waals surface area (Å²) in [6, 6.07) is 22.9. The van der Waals surface area contributed by atoms with Gasteiger partial charge in [0.1, 0.15) is 23.1 Å². The quantitative estimate of drug-likeness (QED) is 0.120. The van der Waals surface area contributed by atoms with Gasteiger partial charge in [-0.2, -0.15) is 9.97 Å². The fourth-order valence-corrected chi connectivity index (χ4v) is 4.35. The molecule has 230 valence electrons. The number of nitrogens with one attached hydrogen (secondary N) is 6. The minimum absolute atomic E-state index is 0.0288. The summed E-state index contributed by atoms with van der Waals surface area (Å²) in [7, 11) is 0. The van der Waals surface area contributed by atoms with Crippen LogP contribution in [0.4, 0.5) is 41.5 Å². The molecule has 5 rings (SSSR count). The summed E-state index contributed by atoms with van der Waals surface area (Å²) in [5.74, 6) is -1.63. The van der Waals surface area contributed by atoms with E-state index >= 15 is 0 Å². The zero-order chi connectivity index (χ0) is 31.6. The number of para-hydroxylation sites is 3. The number of anilines is 4. The summed E-state index contributed by atoms with van der Waals surface area (Å²) in [4.78, 5) is 46.3. The normalized spacial score (nSPS) is 10.6. The molecular weight excluding hydrogens is 584 g/mol. The van der Waals surface area contributed by atoms with E-state index in [0.29, 0.717) is 16.8 Å². The predicted molar refractivity (Wildman–Crippen MR) is 169 cm³/mol. The largest absolute Gasteiger partial charge is 0.368 e. The molecular formula is C31H29F2N9O3. The molecule has 0 aliphatic heterocycles. The summed E-state index contributed by atoms with van der Waals surface area (Å²) < 4.78 is 30.5. The van der Waals surface area contributed by atoms with Crippen LogP contribution >= 0.6 is 0 Å². The topological polar surface area (TPSA) is 154 Å². The molecule has 0 spiro atoms. The van der Waals surface area contributed by atoms with Gasteiger partial charge in [0.05, 0.1) is 5.39 Å². The Bertz CT molecular complexity index is 1830. The molecule has 0 fully saturated rings. The van der Waals surface area contributed by atoms with Crippen molar-refractivity contribution in [3.63, 3.8) is 0 Å². The molecule has 14 heteroatoms. The lowest BCUT2D eigenvalue weighted by Gasteiger charge is -2.16. The lowest BCUT2D eigenvalue weighted by atomic mass is 10.2. The summed E-state index contributed by atoms with van der Waals surface area (Å²) in [5, 5.41) is 17.2. The van der Waals surface area contributed by atoms with Crippen LogP contribution in [0.2, 0.25) is 0 Å². The zero-order valence-electron chi connectivity index (χ0n) is 23.8. The predicted octanol–water partition coefficient (Wildman–Crippen LogP) is 4.53. The third-order valence-corrected chi connectivity index (χ3v) is 6.37. The minimum Gasteiger partial charge on any atom is -0.368 e. The van der Waals surface area contributed by atoms with Gasteiger partial charge in [-0.15, -0.1) is 0 Å². The third-order valence-electron chi connectivity index (χ3n) is 6.37. The first-order chi connectivity index (χ1) is 21.9. The van der Waals surface area contributed by atoms with Crippen molar-refractivity contribution in [2.45, 2.75) is 0 Å². The molecule has 0 saturated heterocycles. The van der Waals surface area contributed by atoms with Gasteiger partial charge in [0.15, 0.2) is 5.65 Å². The van der Waals surface area contributed by atoms with E-state index < -0.39 is 34.9 Å². The second kappa shape index (κ2) is 14.4. The third kappa shape index (κ3) is 7.87. The molecule has 5 aromatic rings. The van der Waals surface area contributed by atoms with Gasteiger partial charge in [-0.05, 0) is 42.5 Å². The monoisotopic (exact) mass is 613 g/mol. The van der Waals surface area contributed by atoms with Gasteiger partial charge in [0.25, 0.3) is 5.56 Å². The Morgan fingerprint density at radius 1 is 0.644 bits per heavy atom. The van der Waals surface area contributed by atoms with Gasteiger partial charge in [-0.1, -0.05) is 42.5 Å². The van der Waals surface area contributed by atoms with Gasteiger partial charge in [0, 0.05) is 43.6 Å². The Hall–Kier alpha value is -6.05. The van der Waals surface area contributed by atoms with Crippen LogP contribution in [-0.2, 0) is 0 Å². The van der Waals surface area contributed by atoms with Crippen LogP contribution < -0.4 is 37.5 Å². The van der Waals surface area contributed by atoms with E-state index in [1.54, 1.807) is 48.5 Å². The van der Waals surface area contributed by atoms with Crippen LogP contribution in [0.15, 0.2) is 95.8 Å². The van der Waals surface area contributed by atoms with Crippen molar-refractivity contribution in [2.24, 2.45) is 0 Å². The number of nitrogens with zero attached hydrogens (tertiary/aromatic N) is 3. The lowest BCUT2D eigenvalue weighted by Crippen LogP contribution is -2.33. The fraction of sp³-hybridized carbons (Fsp3) is 0.129. The number of pyridine rings is 1. The molecule has 4 amide bonds. The maximum absolute atomic E-state index is 14.8. The van der Waals surface area contributed by atoms with Crippen LogP contribution in [-0.4, -0.2) is 52.8 Å². The smallest absolute Gasteiger partial charge is 0.319 e. The highest BCUT2D eigenvalue weighted by atomic mass is 19.1. The second-order valence-electron chi connectivity index (χ2n) is 9.56. The standard InChI is InChI=1S/C31H29F2N9O3/c32-23-12-7-13-24(33)26(23)42-25(43)15-14-22-27(34-16-18-36-30(44)38-20-8-3-1-4-9-20)40-29(41-28(22)42)35-17-19-37-31(45)39-21-10-5-2-6-11-21/h1-15H,16-19H2,(H2,36,38,44)(H2,37,39,45)(H2,34,35,40,41). The van der Waals surface area contributed by atoms with E-state index in [-0.39, 0.29) is 43.6 Å². The van der Waals surface area contributed by atoms with E-state index in [1.165, 1.54) is 12.1 Å². The van der Waals surface area contributed by atoms with Gasteiger partial charge in [0.2, 0.25) is 5.95 Å². The van der Waals surface area contributed by atoms with Crippen LogP contribution in [0, 0.1) is 11.6 Å². The van der Waals surface area contributed by atoms with E-state index in [1.807, 2.05) is 12.1 Å². The lowest BCUT2D eigenvalue weighted by molar-refractivity contribution is 0.251. The Morgan fingerprint density at radius 3 is 1.78 bits per heavy atom. The van der Waals surface area contributed by atoms with Crippen molar-refractivity contribution in [3.05, 3.63) is 113 Å². The molecule has 0 saturated carbocycles. The molecule has 0 bridgehead atoms. The zero-order valence-corrected chi connectivity index (χ0v) is 23.8. The maximum Gasteiger partial charge on any atom is 0.319 e. The molecule has 45 heavy (non-hydrogen) atoms. The van der Waals surface area contributed by atoms with Crippen molar-refractivity contribution in [1.82, 2.24) is 25.2 Å². The maximum atomic E-state index is 14.8. The van der Waals surface area contributed by atoms with Gasteiger partial charge in [-0.3, -0.25) is 9.36 Å². The average Bonchev–Trinajstić information content (AvgIpc) is 3.03. The number of carbonyl (C=O) groups is 2. The number of urea groups is 2. The van der Waals surface area contributed by atoms with Crippen LogP contribution in [0.25, 0.3) is 16.7 Å². The van der Waals surface area contributed by atoms with Gasteiger partial charge >= 0.3 is 12.1 Å². The van der Waals surface area contributed by atoms with Gasteiger partial charge < -0.3 is 31.9 Å². The van der Waals surface area contributed by atoms with E-state index in [0.717, 1.165) is 22.8 Å². The molecule has 6 N–H and O–H groups in total. The van der Waals surface area contributed by atoms with Crippen molar-refractivity contribution in [2.75, 3.05) is 47.4 Å². The number of hydrogen-bond donors (Lipinski definition) is 6. The molecule has 0 atom stereocenters. The SMILES string of the molecule is O=C(NCCNc1nc(NCCNC(=O)Nc2ccccc2)c2ccc(=O)n(-c3c(F)cccc3F)c2n1)Nc1ccccc1. The molecule has 2 heterocycles. The van der Waals surface area contributed by atoms with Crippen LogP contribution in [0.5, 0.6) is 0 Å². The minimum atomic E-state index is -0.950. The number of benzene rings is 3. The highest BCUT2D eigenvalue weighted by Gasteiger charge is 2.19. The van der Waals surface area contributed by atoms with Crippen molar-refractivity contribution in [1.29, 1.82) is 0 Å². The molecule has 0 aliphatic carbocycles. The van der Waals surface area contributed by atoms with Crippen molar-refractivity contribution in [3.8, 4) is 5.69 Å². The molecule has 0 aliphatic rings. The van der Waals surface area contributed by atoms with Crippen LogP contribution in [0.1, 0.15) is 0 Å². The number of halogens is 2. The molecule has 12 nitrogen and oxygen atoms in total. The van der Waals surface area contributed by atoms with E-state index in [4.69, 9.17) is 0 Å². The summed E-state index contributed by atoms with van der Waals surface area (Å²) in [5.41, 5.74) is -0.0911. The highest BCUT2D eigenvalue weighted by Crippen LogP contribution is 2.25. The number of rotatable bonds is 11. The first-order valence-electron chi connectivity index (χ1n) is 13.9. The summed E-state index contributed by atoms with van der Waals surface area (Å²) in [6.45, 7) is 0.753. The molecule has 0 radical (unpaired) electrons. The summed E-state index contributed by atoms with van der Waals surface area (Å²) in [6.07, 6.45) is 0. The van der Waals surface area contributed by atoms with E-state index in [2.05, 4.69) is 41.9 Å². The van der Waals surface area contributed by atoms with E-state index in [9.17, 15) is 23.2 Å². The second-order valence-corrected chi connectivity index (χ2v) is 9.56. The average molecular weight is 614 g/mol. The first-order valence-corrected chi connectivity index (χ1v) is 13.9. The molecule has 0 unspecified atom stereocenters. The van der Waals surface area contributed by atoms with Gasteiger partial charge in [-0.25, -0.2) is 18.4 Å².